The van der Waals surface area contributed by atoms with Crippen LogP contribution in [-0.2, 0) is 0 Å². The Morgan fingerprint density at radius 1 is 1.44 bits per heavy atom. The molecule has 1 atom stereocenters. The van der Waals surface area contributed by atoms with Gasteiger partial charge in [0.1, 0.15) is 0 Å². The van der Waals surface area contributed by atoms with E-state index in [-0.39, 0.29) is 0 Å². The second-order valence-electron chi connectivity index (χ2n) is 4.39. The van der Waals surface area contributed by atoms with Gasteiger partial charge in [0.25, 0.3) is 0 Å². The largest absolute Gasteiger partial charge is 0.355 e. The number of rotatable bonds is 4. The normalized spacial score (nSPS) is 16.6. The summed E-state index contributed by atoms with van der Waals surface area (Å²) in [6, 6.07) is 8.45. The van der Waals surface area contributed by atoms with Gasteiger partial charge in [0, 0.05) is 34.8 Å². The number of likely N-dealkylation sites (N-methyl/N-ethyl adjacent to an activating group) is 1. The zero-order chi connectivity index (χ0) is 13.0. The minimum atomic E-state index is 0.517. The number of hydrogen-bond acceptors (Lipinski definition) is 4. The van der Waals surface area contributed by atoms with Crippen LogP contribution in [0.3, 0.4) is 0 Å². The van der Waals surface area contributed by atoms with Gasteiger partial charge in [-0.15, -0.1) is 11.8 Å². The maximum atomic E-state index is 4.42. The summed E-state index contributed by atoms with van der Waals surface area (Å²) >= 11 is 5.33. The van der Waals surface area contributed by atoms with E-state index >= 15 is 0 Å². The topological polar surface area (TPSA) is 27.6 Å². The fraction of sp³-hybridized carbons (Fsp3) is 0.462. The molecule has 0 aliphatic carbocycles. The van der Waals surface area contributed by atoms with Crippen molar-refractivity contribution in [1.29, 1.82) is 0 Å². The molecule has 18 heavy (non-hydrogen) atoms. The van der Waals surface area contributed by atoms with Gasteiger partial charge in [0.2, 0.25) is 0 Å². The van der Waals surface area contributed by atoms with E-state index in [1.54, 1.807) is 0 Å². The number of halogens is 1. The first-order valence-electron chi connectivity index (χ1n) is 6.07. The maximum absolute atomic E-state index is 4.42. The monoisotopic (exact) mass is 327 g/mol. The zero-order valence-corrected chi connectivity index (χ0v) is 13.1. The van der Waals surface area contributed by atoms with Gasteiger partial charge in [-0.25, -0.2) is 0 Å². The van der Waals surface area contributed by atoms with Crippen molar-refractivity contribution in [2.75, 3.05) is 26.7 Å². The average molecular weight is 328 g/mol. The average Bonchev–Trinajstić information content (AvgIpc) is 2.75. The quantitative estimate of drug-likeness (QED) is 0.862. The number of nitrogens with zero attached hydrogens (tertiary/aromatic N) is 2. The van der Waals surface area contributed by atoms with Crippen molar-refractivity contribution in [3.63, 3.8) is 0 Å². The number of guanidine groups is 1. The highest BCUT2D eigenvalue weighted by Crippen LogP contribution is 2.24. The molecule has 1 N–H and O–H groups in total. The standard InChI is InChI=1S/C13H18BrN3S/c1-10(9-16-13-15-7-8-17(13)2)18-12-5-3-11(14)4-6-12/h3-6,10H,7-9H2,1-2H3,(H,15,16). The number of benzene rings is 1. The third-order valence-electron chi connectivity index (χ3n) is 2.76. The lowest BCUT2D eigenvalue weighted by Gasteiger charge is -2.18. The van der Waals surface area contributed by atoms with E-state index in [1.807, 2.05) is 11.8 Å². The predicted octanol–water partition coefficient (Wildman–Crippen LogP) is 2.82. The molecule has 0 amide bonds. The SMILES string of the molecule is CC(CNC1=NCCN1C)Sc1ccc(Br)cc1. The van der Waals surface area contributed by atoms with Crippen LogP contribution in [0, 0.1) is 0 Å². The lowest BCUT2D eigenvalue weighted by atomic mass is 10.4. The smallest absolute Gasteiger partial charge is 0.193 e. The van der Waals surface area contributed by atoms with Gasteiger partial charge in [-0.1, -0.05) is 22.9 Å². The highest BCUT2D eigenvalue weighted by atomic mass is 79.9. The van der Waals surface area contributed by atoms with E-state index in [0.29, 0.717) is 5.25 Å². The van der Waals surface area contributed by atoms with Crippen molar-refractivity contribution in [2.45, 2.75) is 17.1 Å². The lowest BCUT2D eigenvalue weighted by Crippen LogP contribution is -2.38. The van der Waals surface area contributed by atoms with Gasteiger partial charge in [0.05, 0.1) is 6.54 Å². The Hall–Kier alpha value is -0.680. The summed E-state index contributed by atoms with van der Waals surface area (Å²) in [4.78, 5) is 7.89. The van der Waals surface area contributed by atoms with Crippen LogP contribution in [0.5, 0.6) is 0 Å². The Labute approximate surface area is 121 Å². The van der Waals surface area contributed by atoms with E-state index in [1.165, 1.54) is 4.90 Å². The first-order valence-corrected chi connectivity index (χ1v) is 7.74. The van der Waals surface area contributed by atoms with E-state index in [9.17, 15) is 0 Å². The predicted molar refractivity (Wildman–Crippen MR) is 82.4 cm³/mol. The summed E-state index contributed by atoms with van der Waals surface area (Å²) in [5.41, 5.74) is 0. The molecule has 1 unspecified atom stereocenters. The molecule has 0 aromatic heterocycles. The van der Waals surface area contributed by atoms with Crippen molar-refractivity contribution < 1.29 is 0 Å². The molecule has 0 fully saturated rings. The summed E-state index contributed by atoms with van der Waals surface area (Å²) in [5, 5.41) is 3.93. The lowest BCUT2D eigenvalue weighted by molar-refractivity contribution is 0.534. The Bertz CT molecular complexity index is 419. The number of aliphatic imine (C=N–C) groups is 1. The zero-order valence-electron chi connectivity index (χ0n) is 10.7. The van der Waals surface area contributed by atoms with Gasteiger partial charge in [-0.2, -0.15) is 0 Å². The fourth-order valence-electron chi connectivity index (χ4n) is 1.75. The molecule has 1 heterocycles. The second kappa shape index (κ2) is 6.48. The third kappa shape index (κ3) is 3.92. The van der Waals surface area contributed by atoms with Gasteiger partial charge in [-0.3, -0.25) is 4.99 Å². The first-order chi connectivity index (χ1) is 8.65. The summed E-state index contributed by atoms with van der Waals surface area (Å²) < 4.78 is 1.12. The number of hydrogen-bond donors (Lipinski definition) is 1. The van der Waals surface area contributed by atoms with E-state index in [0.717, 1.165) is 30.1 Å². The molecular formula is C13H18BrN3S. The molecular weight excluding hydrogens is 310 g/mol. The maximum Gasteiger partial charge on any atom is 0.193 e. The highest BCUT2D eigenvalue weighted by Gasteiger charge is 2.13. The van der Waals surface area contributed by atoms with Gasteiger partial charge in [-0.05, 0) is 24.3 Å². The van der Waals surface area contributed by atoms with Crippen LogP contribution in [0.4, 0.5) is 0 Å². The number of thioether (sulfide) groups is 1. The van der Waals surface area contributed by atoms with Crippen molar-refractivity contribution in [3.05, 3.63) is 28.7 Å². The molecule has 1 aliphatic rings. The molecule has 3 nitrogen and oxygen atoms in total. The second-order valence-corrected chi connectivity index (χ2v) is 6.82. The minimum Gasteiger partial charge on any atom is -0.355 e. The third-order valence-corrected chi connectivity index (χ3v) is 4.40. The molecule has 0 bridgehead atoms. The minimum absolute atomic E-state index is 0.517. The Morgan fingerprint density at radius 2 is 2.17 bits per heavy atom. The van der Waals surface area contributed by atoms with E-state index < -0.39 is 0 Å². The van der Waals surface area contributed by atoms with Gasteiger partial charge >= 0.3 is 0 Å². The van der Waals surface area contributed by atoms with Gasteiger partial charge < -0.3 is 10.2 Å². The molecule has 0 radical (unpaired) electrons. The van der Waals surface area contributed by atoms with Crippen LogP contribution in [-0.4, -0.2) is 42.8 Å². The van der Waals surface area contributed by atoms with Crippen LogP contribution in [0.2, 0.25) is 0 Å². The van der Waals surface area contributed by atoms with E-state index in [2.05, 4.69) is 69.4 Å². The van der Waals surface area contributed by atoms with Crippen LogP contribution in [0.25, 0.3) is 0 Å². The van der Waals surface area contributed by atoms with Crippen LogP contribution in [0.15, 0.2) is 38.6 Å². The summed E-state index contributed by atoms with van der Waals surface area (Å²) in [7, 11) is 2.07. The van der Waals surface area contributed by atoms with Crippen molar-refractivity contribution in [1.82, 2.24) is 10.2 Å². The molecule has 1 aliphatic heterocycles. The first kappa shape index (κ1) is 13.7. The van der Waals surface area contributed by atoms with Crippen molar-refractivity contribution in [3.8, 4) is 0 Å². The Balaban J connectivity index is 1.78. The van der Waals surface area contributed by atoms with Crippen molar-refractivity contribution in [2.24, 2.45) is 4.99 Å². The Morgan fingerprint density at radius 3 is 2.78 bits per heavy atom. The molecule has 98 valence electrons. The molecule has 1 aromatic carbocycles. The van der Waals surface area contributed by atoms with Crippen LogP contribution in [0.1, 0.15) is 6.92 Å². The molecule has 0 spiro atoms. The summed E-state index contributed by atoms with van der Waals surface area (Å²) in [5.74, 6) is 1.03. The van der Waals surface area contributed by atoms with Crippen LogP contribution < -0.4 is 5.32 Å². The van der Waals surface area contributed by atoms with Crippen LogP contribution >= 0.6 is 27.7 Å². The van der Waals surface area contributed by atoms with E-state index in [4.69, 9.17) is 0 Å². The molecule has 5 heteroatoms. The Kier molecular flexibility index (Phi) is 4.95. The molecule has 1 aromatic rings. The van der Waals surface area contributed by atoms with Gasteiger partial charge in [0.15, 0.2) is 5.96 Å². The highest BCUT2D eigenvalue weighted by molar-refractivity contribution is 9.10. The molecule has 0 saturated carbocycles. The summed E-state index contributed by atoms with van der Waals surface area (Å²) in [6.07, 6.45) is 0. The number of nitrogens with one attached hydrogen (secondary N) is 1. The molecule has 0 saturated heterocycles. The van der Waals surface area contributed by atoms with Crippen molar-refractivity contribution >= 4 is 33.7 Å². The molecule has 2 rings (SSSR count). The summed E-state index contributed by atoms with van der Waals surface area (Å²) in [6.45, 7) is 5.10. The fourth-order valence-corrected chi connectivity index (χ4v) is 2.93.